The lowest BCUT2D eigenvalue weighted by molar-refractivity contribution is -0.128. The van der Waals surface area contributed by atoms with E-state index in [1.807, 2.05) is 18.2 Å². The molecule has 1 aromatic carbocycles. The maximum Gasteiger partial charge on any atom is 0.232 e. The molecule has 6 nitrogen and oxygen atoms in total. The minimum atomic E-state index is -0.225. The zero-order valence-electron chi connectivity index (χ0n) is 11.9. The number of anilines is 1. The van der Waals surface area contributed by atoms with Crippen LogP contribution >= 0.6 is 0 Å². The zero-order valence-corrected chi connectivity index (χ0v) is 11.9. The number of amides is 1. The number of carbonyl (C=O) groups excluding carboxylic acids is 1. The number of nitrogens with zero attached hydrogens (tertiary/aromatic N) is 2. The summed E-state index contributed by atoms with van der Waals surface area (Å²) in [5.41, 5.74) is 2.16. The molecule has 2 aromatic rings. The van der Waals surface area contributed by atoms with Crippen molar-refractivity contribution < 1.29 is 4.79 Å². The van der Waals surface area contributed by atoms with Gasteiger partial charge in [0.15, 0.2) is 0 Å². The molecule has 6 heteroatoms. The number of benzene rings is 1. The van der Waals surface area contributed by atoms with Crippen molar-refractivity contribution >= 4 is 22.6 Å². The van der Waals surface area contributed by atoms with E-state index in [4.69, 9.17) is 0 Å². The lowest BCUT2D eigenvalue weighted by Crippen LogP contribution is -2.44. The first-order chi connectivity index (χ1) is 10.3. The fraction of sp³-hybridized carbons (Fsp3) is 0.533. The van der Waals surface area contributed by atoms with Crippen LogP contribution in [0, 0.1) is 11.3 Å². The van der Waals surface area contributed by atoms with Gasteiger partial charge in [-0.15, -0.1) is 0 Å². The maximum absolute atomic E-state index is 12.9. The standard InChI is InChI=1S/C15H19N5O/c21-14(15-6-2-1-3-10(15)8-16-9-15)17-11-4-5-12-13(7-11)19-20-18-12/h4-5,7,10,16H,1-3,6,8-9H2,(H,17,21)(H,18,19,20)/t10-,15+/m0/s1. The lowest BCUT2D eigenvalue weighted by atomic mass is 9.67. The van der Waals surface area contributed by atoms with E-state index in [2.05, 4.69) is 26.0 Å². The third-order valence-corrected chi connectivity index (χ3v) is 5.06. The maximum atomic E-state index is 12.9. The quantitative estimate of drug-likeness (QED) is 0.784. The van der Waals surface area contributed by atoms with Gasteiger partial charge in [0, 0.05) is 12.2 Å². The molecule has 2 aliphatic rings. The predicted octanol–water partition coefficient (Wildman–Crippen LogP) is 1.68. The summed E-state index contributed by atoms with van der Waals surface area (Å²) >= 11 is 0. The third-order valence-electron chi connectivity index (χ3n) is 5.06. The van der Waals surface area contributed by atoms with Crippen molar-refractivity contribution in [2.45, 2.75) is 25.7 Å². The number of carbonyl (C=O) groups is 1. The van der Waals surface area contributed by atoms with Crippen LogP contribution in [0.3, 0.4) is 0 Å². The first kappa shape index (κ1) is 12.8. The van der Waals surface area contributed by atoms with Crippen LogP contribution in [0.2, 0.25) is 0 Å². The summed E-state index contributed by atoms with van der Waals surface area (Å²) in [5, 5.41) is 17.2. The van der Waals surface area contributed by atoms with Gasteiger partial charge in [-0.2, -0.15) is 15.4 Å². The molecule has 0 radical (unpaired) electrons. The third kappa shape index (κ3) is 2.01. The van der Waals surface area contributed by atoms with Gasteiger partial charge in [0.25, 0.3) is 0 Å². The SMILES string of the molecule is O=C(Nc1ccc2n[nH]nc2c1)[C@@]12CCCC[C@H]1CNC2. The van der Waals surface area contributed by atoms with E-state index in [1.54, 1.807) is 0 Å². The minimum Gasteiger partial charge on any atom is -0.325 e. The Hall–Kier alpha value is -1.95. The van der Waals surface area contributed by atoms with Gasteiger partial charge in [-0.25, -0.2) is 0 Å². The van der Waals surface area contributed by atoms with Gasteiger partial charge in [0.1, 0.15) is 11.0 Å². The van der Waals surface area contributed by atoms with Crippen LogP contribution in [0.5, 0.6) is 0 Å². The fourth-order valence-corrected chi connectivity index (χ4v) is 3.86. The number of hydrogen-bond acceptors (Lipinski definition) is 4. The average molecular weight is 285 g/mol. The minimum absolute atomic E-state index is 0.153. The topological polar surface area (TPSA) is 82.7 Å². The van der Waals surface area contributed by atoms with Crippen molar-refractivity contribution in [1.82, 2.24) is 20.7 Å². The summed E-state index contributed by atoms with van der Waals surface area (Å²) in [5.74, 6) is 0.627. The van der Waals surface area contributed by atoms with E-state index < -0.39 is 0 Å². The van der Waals surface area contributed by atoms with Crippen molar-refractivity contribution in [3.05, 3.63) is 18.2 Å². The summed E-state index contributed by atoms with van der Waals surface area (Å²) < 4.78 is 0. The predicted molar refractivity (Wildman–Crippen MR) is 79.8 cm³/mol. The molecule has 3 N–H and O–H groups in total. The number of aromatic amines is 1. The summed E-state index contributed by atoms with van der Waals surface area (Å²) in [6.45, 7) is 1.77. The van der Waals surface area contributed by atoms with E-state index in [-0.39, 0.29) is 11.3 Å². The molecule has 1 saturated carbocycles. The Morgan fingerprint density at radius 2 is 2.19 bits per heavy atom. The molecule has 2 heterocycles. The first-order valence-electron chi connectivity index (χ1n) is 7.61. The fourth-order valence-electron chi connectivity index (χ4n) is 3.86. The Balaban J connectivity index is 1.59. The molecule has 21 heavy (non-hydrogen) atoms. The van der Waals surface area contributed by atoms with Crippen LogP contribution in [0.4, 0.5) is 5.69 Å². The van der Waals surface area contributed by atoms with Gasteiger partial charge in [0.05, 0.1) is 5.41 Å². The first-order valence-corrected chi connectivity index (χ1v) is 7.61. The van der Waals surface area contributed by atoms with Crippen LogP contribution in [0.25, 0.3) is 11.0 Å². The smallest absolute Gasteiger partial charge is 0.232 e. The highest BCUT2D eigenvalue weighted by molar-refractivity contribution is 5.97. The van der Waals surface area contributed by atoms with E-state index in [0.717, 1.165) is 49.1 Å². The molecular weight excluding hydrogens is 266 g/mol. The van der Waals surface area contributed by atoms with Gasteiger partial charge in [-0.05, 0) is 43.5 Å². The number of aromatic nitrogens is 3. The Bertz CT molecular complexity index is 682. The molecule has 4 rings (SSSR count). The van der Waals surface area contributed by atoms with Crippen LogP contribution in [0.1, 0.15) is 25.7 Å². The second-order valence-corrected chi connectivity index (χ2v) is 6.21. The van der Waals surface area contributed by atoms with Crippen LogP contribution in [0.15, 0.2) is 18.2 Å². The Kier molecular flexibility index (Phi) is 2.92. The van der Waals surface area contributed by atoms with Crippen LogP contribution in [-0.4, -0.2) is 34.4 Å². The molecule has 1 aliphatic carbocycles. The molecule has 0 unspecified atom stereocenters. The molecule has 0 bridgehead atoms. The second kappa shape index (κ2) is 4.80. The normalized spacial score (nSPS) is 28.5. The highest BCUT2D eigenvalue weighted by Gasteiger charge is 2.49. The van der Waals surface area contributed by atoms with E-state index in [9.17, 15) is 4.79 Å². The summed E-state index contributed by atoms with van der Waals surface area (Å²) in [6, 6.07) is 5.63. The van der Waals surface area contributed by atoms with Gasteiger partial charge in [-0.3, -0.25) is 4.79 Å². The lowest BCUT2D eigenvalue weighted by Gasteiger charge is -2.37. The molecule has 0 spiro atoms. The molecule has 1 aromatic heterocycles. The van der Waals surface area contributed by atoms with Crippen molar-refractivity contribution in [3.63, 3.8) is 0 Å². The van der Waals surface area contributed by atoms with Crippen molar-refractivity contribution in [3.8, 4) is 0 Å². The number of rotatable bonds is 2. The molecule has 1 aliphatic heterocycles. The van der Waals surface area contributed by atoms with Gasteiger partial charge in [-0.1, -0.05) is 12.8 Å². The average Bonchev–Trinajstić information content (AvgIpc) is 3.13. The van der Waals surface area contributed by atoms with Crippen LogP contribution < -0.4 is 10.6 Å². The van der Waals surface area contributed by atoms with Crippen molar-refractivity contribution in [2.24, 2.45) is 11.3 Å². The van der Waals surface area contributed by atoms with E-state index >= 15 is 0 Å². The van der Waals surface area contributed by atoms with Gasteiger partial charge >= 0.3 is 0 Å². The van der Waals surface area contributed by atoms with Gasteiger partial charge < -0.3 is 10.6 Å². The highest BCUT2D eigenvalue weighted by Crippen LogP contribution is 2.44. The zero-order chi connectivity index (χ0) is 14.3. The molecule has 2 fully saturated rings. The van der Waals surface area contributed by atoms with Gasteiger partial charge in [0.2, 0.25) is 5.91 Å². The van der Waals surface area contributed by atoms with Crippen molar-refractivity contribution in [1.29, 1.82) is 0 Å². The molecule has 2 atom stereocenters. The van der Waals surface area contributed by atoms with Crippen LogP contribution in [-0.2, 0) is 4.79 Å². The van der Waals surface area contributed by atoms with Crippen molar-refractivity contribution in [2.75, 3.05) is 18.4 Å². The summed E-state index contributed by atoms with van der Waals surface area (Å²) in [6.07, 6.45) is 4.53. The molecule has 1 saturated heterocycles. The monoisotopic (exact) mass is 285 g/mol. The molecular formula is C15H19N5O. The van der Waals surface area contributed by atoms with E-state index in [0.29, 0.717) is 5.92 Å². The number of fused-ring (bicyclic) bond motifs is 2. The summed E-state index contributed by atoms with van der Waals surface area (Å²) in [4.78, 5) is 12.9. The summed E-state index contributed by atoms with van der Waals surface area (Å²) in [7, 11) is 0. The number of hydrogen-bond donors (Lipinski definition) is 3. The van der Waals surface area contributed by atoms with E-state index in [1.165, 1.54) is 6.42 Å². The molecule has 1 amide bonds. The molecule has 110 valence electrons. The highest BCUT2D eigenvalue weighted by atomic mass is 16.2. The number of H-pyrrole nitrogens is 1. The Morgan fingerprint density at radius 1 is 1.29 bits per heavy atom. The largest absolute Gasteiger partial charge is 0.325 e. The Morgan fingerprint density at radius 3 is 3.14 bits per heavy atom. The number of nitrogens with one attached hydrogen (secondary N) is 3. The second-order valence-electron chi connectivity index (χ2n) is 6.21. The Labute approximate surface area is 122 Å².